The van der Waals surface area contributed by atoms with Crippen molar-refractivity contribution in [3.8, 4) is 0 Å². The molecule has 6 heteroatoms. The monoisotopic (exact) mass is 256 g/mol. The third kappa shape index (κ3) is 3.44. The number of aliphatic hydroxyl groups is 1. The summed E-state index contributed by atoms with van der Waals surface area (Å²) in [4.78, 5) is 22.4. The van der Waals surface area contributed by atoms with Crippen molar-refractivity contribution in [1.29, 1.82) is 0 Å². The fourth-order valence-corrected chi connectivity index (χ4v) is 1.46. The number of carboxylic acid groups (broad SMARTS) is 1. The van der Waals surface area contributed by atoms with Gasteiger partial charge < -0.3 is 20.3 Å². The first kappa shape index (κ1) is 13.5. The molecule has 0 saturated heterocycles. The lowest BCUT2D eigenvalue weighted by Crippen LogP contribution is -2.53. The molecular formula is C11H11ClNO4-. The molecule has 2 N–H and O–H groups in total. The highest BCUT2D eigenvalue weighted by atomic mass is 35.5. The minimum absolute atomic E-state index is 0.140. The standard InChI is InChI=1S/C11H12ClNO4/c1-6(14)9(11(16)17)13-10(15)7-4-2-3-5-8(7)12/h2-6,9,14H,1H3,(H,13,15)(H,16,17)/p-1/t6-,9-/m1/s1. The molecule has 0 aromatic heterocycles. The number of nitrogens with one attached hydrogen (secondary N) is 1. The number of carboxylic acids is 1. The van der Waals surface area contributed by atoms with Crippen LogP contribution in [0.3, 0.4) is 0 Å². The third-order valence-corrected chi connectivity index (χ3v) is 2.47. The first-order valence-electron chi connectivity index (χ1n) is 4.87. The summed E-state index contributed by atoms with van der Waals surface area (Å²) in [5, 5.41) is 22.2. The van der Waals surface area contributed by atoms with Crippen LogP contribution in [0.1, 0.15) is 17.3 Å². The number of rotatable bonds is 4. The Labute approximate surface area is 103 Å². The van der Waals surface area contributed by atoms with Crippen LogP contribution in [0.5, 0.6) is 0 Å². The lowest BCUT2D eigenvalue weighted by Gasteiger charge is -2.22. The van der Waals surface area contributed by atoms with Crippen LogP contribution < -0.4 is 10.4 Å². The van der Waals surface area contributed by atoms with E-state index in [2.05, 4.69) is 5.32 Å². The van der Waals surface area contributed by atoms with Crippen LogP contribution in [0.15, 0.2) is 24.3 Å². The van der Waals surface area contributed by atoms with E-state index in [1.165, 1.54) is 19.1 Å². The second-order valence-electron chi connectivity index (χ2n) is 3.49. The predicted octanol–water partition coefficient (Wildman–Crippen LogP) is -0.431. The molecule has 0 radical (unpaired) electrons. The highest BCUT2D eigenvalue weighted by Crippen LogP contribution is 2.14. The van der Waals surface area contributed by atoms with Gasteiger partial charge in [0.25, 0.3) is 5.91 Å². The van der Waals surface area contributed by atoms with Crippen molar-refractivity contribution in [3.05, 3.63) is 34.9 Å². The summed E-state index contributed by atoms with van der Waals surface area (Å²) in [6, 6.07) is 4.72. The highest BCUT2D eigenvalue weighted by molar-refractivity contribution is 6.33. The Morgan fingerprint density at radius 1 is 1.41 bits per heavy atom. The van der Waals surface area contributed by atoms with E-state index in [1.54, 1.807) is 12.1 Å². The van der Waals surface area contributed by atoms with Crippen LogP contribution in [-0.4, -0.2) is 29.1 Å². The molecule has 0 fully saturated rings. The summed E-state index contributed by atoms with van der Waals surface area (Å²) >= 11 is 5.78. The van der Waals surface area contributed by atoms with Gasteiger partial charge in [0.1, 0.15) is 0 Å². The van der Waals surface area contributed by atoms with E-state index in [-0.39, 0.29) is 10.6 Å². The van der Waals surface area contributed by atoms with E-state index in [4.69, 9.17) is 11.6 Å². The van der Waals surface area contributed by atoms with Crippen molar-refractivity contribution in [2.75, 3.05) is 0 Å². The lowest BCUT2D eigenvalue weighted by atomic mass is 10.1. The molecule has 2 atom stereocenters. The van der Waals surface area contributed by atoms with E-state index in [0.29, 0.717) is 0 Å². The summed E-state index contributed by atoms with van der Waals surface area (Å²) in [6.07, 6.45) is -1.26. The average Bonchev–Trinajstić information content (AvgIpc) is 2.25. The first-order chi connectivity index (χ1) is 7.93. The van der Waals surface area contributed by atoms with E-state index in [1.807, 2.05) is 0 Å². The molecule has 5 nitrogen and oxygen atoms in total. The summed E-state index contributed by atoms with van der Waals surface area (Å²) in [7, 11) is 0. The summed E-state index contributed by atoms with van der Waals surface area (Å²) < 4.78 is 0. The Morgan fingerprint density at radius 3 is 2.47 bits per heavy atom. The number of amides is 1. The summed E-state index contributed by atoms with van der Waals surface area (Å²) in [6.45, 7) is 1.24. The largest absolute Gasteiger partial charge is 0.548 e. The fraction of sp³-hybridized carbons (Fsp3) is 0.273. The Balaban J connectivity index is 2.85. The van der Waals surface area contributed by atoms with Gasteiger partial charge in [-0.1, -0.05) is 23.7 Å². The highest BCUT2D eigenvalue weighted by Gasteiger charge is 2.20. The molecule has 0 aliphatic rings. The number of hydrogen-bond donors (Lipinski definition) is 2. The fourth-order valence-electron chi connectivity index (χ4n) is 1.24. The second-order valence-corrected chi connectivity index (χ2v) is 3.90. The lowest BCUT2D eigenvalue weighted by molar-refractivity contribution is -0.310. The number of benzene rings is 1. The van der Waals surface area contributed by atoms with Crippen LogP contribution in [0.4, 0.5) is 0 Å². The summed E-state index contributed by atoms with van der Waals surface area (Å²) in [5.41, 5.74) is 0.140. The maximum Gasteiger partial charge on any atom is 0.253 e. The average molecular weight is 257 g/mol. The molecule has 1 rings (SSSR count). The molecule has 17 heavy (non-hydrogen) atoms. The van der Waals surface area contributed by atoms with Crippen LogP contribution in [0, 0.1) is 0 Å². The molecule has 0 spiro atoms. The van der Waals surface area contributed by atoms with Gasteiger partial charge >= 0.3 is 0 Å². The Hall–Kier alpha value is -1.59. The smallest absolute Gasteiger partial charge is 0.253 e. The van der Waals surface area contributed by atoms with Crippen LogP contribution in [-0.2, 0) is 4.79 Å². The maximum absolute atomic E-state index is 11.7. The van der Waals surface area contributed by atoms with Crippen LogP contribution in [0.25, 0.3) is 0 Å². The number of aliphatic hydroxyl groups excluding tert-OH is 1. The molecule has 0 heterocycles. The number of carbonyl (C=O) groups is 2. The number of halogens is 1. The molecule has 0 aliphatic carbocycles. The van der Waals surface area contributed by atoms with Crippen molar-refractivity contribution in [1.82, 2.24) is 5.32 Å². The van der Waals surface area contributed by atoms with Gasteiger partial charge in [0.2, 0.25) is 0 Å². The quantitative estimate of drug-likeness (QED) is 0.765. The van der Waals surface area contributed by atoms with Crippen molar-refractivity contribution >= 4 is 23.5 Å². The van der Waals surface area contributed by atoms with Gasteiger partial charge in [-0.05, 0) is 19.1 Å². The van der Waals surface area contributed by atoms with Gasteiger partial charge in [-0.15, -0.1) is 0 Å². The van der Waals surface area contributed by atoms with E-state index in [0.717, 1.165) is 0 Å². The molecule has 0 aliphatic heterocycles. The molecule has 0 unspecified atom stereocenters. The maximum atomic E-state index is 11.7. The molecule has 1 aromatic rings. The van der Waals surface area contributed by atoms with Gasteiger partial charge in [0, 0.05) is 0 Å². The van der Waals surface area contributed by atoms with E-state index < -0.39 is 24.0 Å². The van der Waals surface area contributed by atoms with E-state index >= 15 is 0 Å². The first-order valence-corrected chi connectivity index (χ1v) is 5.25. The van der Waals surface area contributed by atoms with Crippen molar-refractivity contribution in [3.63, 3.8) is 0 Å². The summed E-state index contributed by atoms with van der Waals surface area (Å²) in [5.74, 6) is -2.23. The molecule has 1 amide bonds. The minimum atomic E-state index is -1.56. The Bertz CT molecular complexity index is 433. The topological polar surface area (TPSA) is 89.5 Å². The van der Waals surface area contributed by atoms with Crippen LogP contribution >= 0.6 is 11.6 Å². The molecule has 0 saturated carbocycles. The van der Waals surface area contributed by atoms with Gasteiger partial charge in [-0.2, -0.15) is 0 Å². The predicted molar refractivity (Wildman–Crippen MR) is 59.4 cm³/mol. The van der Waals surface area contributed by atoms with Crippen molar-refractivity contribution in [2.45, 2.75) is 19.1 Å². The second kappa shape index (κ2) is 5.65. The van der Waals surface area contributed by atoms with Gasteiger partial charge in [-0.25, -0.2) is 0 Å². The third-order valence-electron chi connectivity index (χ3n) is 2.14. The van der Waals surface area contributed by atoms with Gasteiger partial charge in [0.15, 0.2) is 0 Å². The molecular weight excluding hydrogens is 246 g/mol. The van der Waals surface area contributed by atoms with E-state index in [9.17, 15) is 19.8 Å². The zero-order chi connectivity index (χ0) is 13.0. The number of hydrogen-bond acceptors (Lipinski definition) is 4. The SMILES string of the molecule is C[C@@H](O)[C@@H](NC(=O)c1ccccc1Cl)C(=O)[O-]. The zero-order valence-corrected chi connectivity index (χ0v) is 9.77. The Morgan fingerprint density at radius 2 is 2.00 bits per heavy atom. The molecule has 1 aromatic carbocycles. The zero-order valence-electron chi connectivity index (χ0n) is 9.01. The minimum Gasteiger partial charge on any atom is -0.548 e. The molecule has 92 valence electrons. The van der Waals surface area contributed by atoms with Crippen molar-refractivity contribution in [2.24, 2.45) is 0 Å². The number of carbonyl (C=O) groups excluding carboxylic acids is 2. The van der Waals surface area contributed by atoms with Gasteiger partial charge in [-0.3, -0.25) is 4.79 Å². The normalized spacial score (nSPS) is 13.8. The van der Waals surface area contributed by atoms with Gasteiger partial charge in [0.05, 0.1) is 28.7 Å². The number of aliphatic carboxylic acids is 1. The molecule has 0 bridgehead atoms. The Kier molecular flexibility index (Phi) is 4.48. The van der Waals surface area contributed by atoms with Crippen molar-refractivity contribution < 1.29 is 19.8 Å². The van der Waals surface area contributed by atoms with Crippen LogP contribution in [0.2, 0.25) is 5.02 Å².